The van der Waals surface area contributed by atoms with E-state index >= 15 is 0 Å². The highest BCUT2D eigenvalue weighted by Crippen LogP contribution is 2.18. The van der Waals surface area contributed by atoms with Crippen LogP contribution in [0.1, 0.15) is 27.9 Å². The van der Waals surface area contributed by atoms with E-state index in [2.05, 4.69) is 5.32 Å². The van der Waals surface area contributed by atoms with Gasteiger partial charge in [0.05, 0.1) is 7.11 Å². The van der Waals surface area contributed by atoms with Gasteiger partial charge in [-0.1, -0.05) is 23.8 Å². The summed E-state index contributed by atoms with van der Waals surface area (Å²) in [5.41, 5.74) is 2.24. The number of amides is 2. The molecule has 0 fully saturated rings. The summed E-state index contributed by atoms with van der Waals surface area (Å²) in [7, 11) is 3.05. The smallest absolute Gasteiger partial charge is 0.251 e. The van der Waals surface area contributed by atoms with Gasteiger partial charge in [-0.3, -0.25) is 9.59 Å². The highest BCUT2D eigenvalue weighted by atomic mass is 19.1. The highest BCUT2D eigenvalue weighted by molar-refractivity contribution is 5.94. The largest absolute Gasteiger partial charge is 0.494 e. The number of rotatable bonds is 7. The van der Waals surface area contributed by atoms with Crippen LogP contribution >= 0.6 is 0 Å². The molecule has 0 atom stereocenters. The number of hydrogen-bond donors (Lipinski definition) is 1. The molecule has 0 saturated heterocycles. The van der Waals surface area contributed by atoms with Crippen molar-refractivity contribution in [3.05, 3.63) is 65.0 Å². The van der Waals surface area contributed by atoms with Gasteiger partial charge in [0.2, 0.25) is 5.91 Å². The van der Waals surface area contributed by atoms with E-state index in [0.717, 1.165) is 5.56 Å². The van der Waals surface area contributed by atoms with Crippen LogP contribution in [0.25, 0.3) is 0 Å². The van der Waals surface area contributed by atoms with Gasteiger partial charge in [0.25, 0.3) is 5.91 Å². The van der Waals surface area contributed by atoms with Crippen molar-refractivity contribution in [2.24, 2.45) is 0 Å². The summed E-state index contributed by atoms with van der Waals surface area (Å²) in [6.45, 7) is 2.44. The zero-order chi connectivity index (χ0) is 19.1. The normalized spacial score (nSPS) is 10.3. The van der Waals surface area contributed by atoms with Crippen molar-refractivity contribution in [1.29, 1.82) is 0 Å². The summed E-state index contributed by atoms with van der Waals surface area (Å²) < 4.78 is 18.6. The number of benzene rings is 2. The number of carbonyl (C=O) groups is 2. The van der Waals surface area contributed by atoms with Gasteiger partial charge in [-0.2, -0.15) is 0 Å². The van der Waals surface area contributed by atoms with E-state index in [4.69, 9.17) is 4.74 Å². The Morgan fingerprint density at radius 2 is 1.96 bits per heavy atom. The van der Waals surface area contributed by atoms with E-state index in [1.165, 1.54) is 24.1 Å². The predicted octanol–water partition coefficient (Wildman–Crippen LogP) is 2.92. The van der Waals surface area contributed by atoms with E-state index in [1.807, 2.05) is 19.1 Å². The minimum absolute atomic E-state index is 0.134. The zero-order valence-corrected chi connectivity index (χ0v) is 15.2. The fourth-order valence-corrected chi connectivity index (χ4v) is 2.53. The average molecular weight is 358 g/mol. The molecule has 2 amide bonds. The molecule has 0 radical (unpaired) electrons. The lowest BCUT2D eigenvalue weighted by molar-refractivity contribution is -0.130. The SMILES string of the molecule is COc1ccc(CN(C)C(=O)CCNC(=O)c2cccc(C)c2)cc1F. The van der Waals surface area contributed by atoms with Crippen molar-refractivity contribution >= 4 is 11.8 Å². The first-order chi connectivity index (χ1) is 12.4. The highest BCUT2D eigenvalue weighted by Gasteiger charge is 2.12. The average Bonchev–Trinajstić information content (AvgIpc) is 2.61. The Bertz CT molecular complexity index is 792. The number of carbonyl (C=O) groups excluding carboxylic acids is 2. The maximum atomic E-state index is 13.7. The minimum Gasteiger partial charge on any atom is -0.494 e. The third kappa shape index (κ3) is 5.31. The predicted molar refractivity (Wildman–Crippen MR) is 97.6 cm³/mol. The molecule has 138 valence electrons. The molecule has 0 aliphatic rings. The third-order valence-corrected chi connectivity index (χ3v) is 3.97. The summed E-state index contributed by atoms with van der Waals surface area (Å²) in [6, 6.07) is 11.9. The van der Waals surface area contributed by atoms with Crippen molar-refractivity contribution in [2.75, 3.05) is 20.7 Å². The van der Waals surface area contributed by atoms with Crippen LogP contribution in [0.2, 0.25) is 0 Å². The van der Waals surface area contributed by atoms with Gasteiger partial charge in [0.15, 0.2) is 11.6 Å². The summed E-state index contributed by atoms with van der Waals surface area (Å²) in [5.74, 6) is -0.634. The fraction of sp³-hybridized carbons (Fsp3) is 0.300. The fourth-order valence-electron chi connectivity index (χ4n) is 2.53. The number of nitrogens with one attached hydrogen (secondary N) is 1. The van der Waals surface area contributed by atoms with Crippen molar-refractivity contribution in [3.63, 3.8) is 0 Å². The van der Waals surface area contributed by atoms with Crippen molar-refractivity contribution in [2.45, 2.75) is 19.9 Å². The molecule has 0 bridgehead atoms. The molecule has 1 N–H and O–H groups in total. The van der Waals surface area contributed by atoms with Gasteiger partial charge in [-0.25, -0.2) is 4.39 Å². The molecular weight excluding hydrogens is 335 g/mol. The van der Waals surface area contributed by atoms with E-state index < -0.39 is 5.82 Å². The van der Waals surface area contributed by atoms with E-state index in [-0.39, 0.29) is 37.1 Å². The maximum absolute atomic E-state index is 13.7. The first-order valence-electron chi connectivity index (χ1n) is 8.32. The Morgan fingerprint density at radius 3 is 2.62 bits per heavy atom. The lowest BCUT2D eigenvalue weighted by atomic mass is 10.1. The van der Waals surface area contributed by atoms with Crippen LogP contribution in [0, 0.1) is 12.7 Å². The molecule has 0 saturated carbocycles. The lowest BCUT2D eigenvalue weighted by Crippen LogP contribution is -2.31. The number of methoxy groups -OCH3 is 1. The van der Waals surface area contributed by atoms with Gasteiger partial charge in [0, 0.05) is 32.1 Å². The number of nitrogens with zero attached hydrogens (tertiary/aromatic N) is 1. The number of halogens is 1. The second-order valence-corrected chi connectivity index (χ2v) is 6.09. The third-order valence-electron chi connectivity index (χ3n) is 3.97. The molecule has 0 aromatic heterocycles. The van der Waals surface area contributed by atoms with Crippen molar-refractivity contribution < 1.29 is 18.7 Å². The quantitative estimate of drug-likeness (QED) is 0.828. The van der Waals surface area contributed by atoms with Crippen LogP contribution in [0.4, 0.5) is 4.39 Å². The van der Waals surface area contributed by atoms with Crippen molar-refractivity contribution in [1.82, 2.24) is 10.2 Å². The molecule has 0 unspecified atom stereocenters. The second kappa shape index (κ2) is 8.99. The molecule has 0 heterocycles. The Labute approximate surface area is 152 Å². The van der Waals surface area contributed by atoms with Crippen LogP contribution in [0.15, 0.2) is 42.5 Å². The summed E-state index contributed by atoms with van der Waals surface area (Å²) >= 11 is 0. The van der Waals surface area contributed by atoms with Gasteiger partial charge >= 0.3 is 0 Å². The van der Waals surface area contributed by atoms with Crippen LogP contribution in [0.3, 0.4) is 0 Å². The Morgan fingerprint density at radius 1 is 1.19 bits per heavy atom. The van der Waals surface area contributed by atoms with Crippen LogP contribution in [-0.2, 0) is 11.3 Å². The van der Waals surface area contributed by atoms with Gasteiger partial charge < -0.3 is 15.0 Å². The first kappa shape index (κ1) is 19.4. The maximum Gasteiger partial charge on any atom is 0.251 e. The topological polar surface area (TPSA) is 58.6 Å². The summed E-state index contributed by atoms with van der Waals surface area (Å²) in [6.07, 6.45) is 0.173. The van der Waals surface area contributed by atoms with Crippen LogP contribution in [0.5, 0.6) is 5.75 Å². The number of ether oxygens (including phenoxy) is 1. The monoisotopic (exact) mass is 358 g/mol. The molecule has 2 aromatic carbocycles. The van der Waals surface area contributed by atoms with E-state index in [0.29, 0.717) is 11.1 Å². The van der Waals surface area contributed by atoms with Crippen LogP contribution < -0.4 is 10.1 Å². The van der Waals surface area contributed by atoms with Crippen LogP contribution in [-0.4, -0.2) is 37.4 Å². The molecule has 2 rings (SSSR count). The summed E-state index contributed by atoms with van der Waals surface area (Å²) in [4.78, 5) is 25.7. The minimum atomic E-state index is -0.462. The Kier molecular flexibility index (Phi) is 6.72. The van der Waals surface area contributed by atoms with Gasteiger partial charge in [-0.15, -0.1) is 0 Å². The summed E-state index contributed by atoms with van der Waals surface area (Å²) in [5, 5.41) is 2.74. The van der Waals surface area contributed by atoms with E-state index in [9.17, 15) is 14.0 Å². The number of hydrogen-bond acceptors (Lipinski definition) is 3. The lowest BCUT2D eigenvalue weighted by Gasteiger charge is -2.18. The molecule has 0 aliphatic heterocycles. The molecule has 6 heteroatoms. The molecule has 0 aliphatic carbocycles. The van der Waals surface area contributed by atoms with Crippen molar-refractivity contribution in [3.8, 4) is 5.75 Å². The van der Waals surface area contributed by atoms with E-state index in [1.54, 1.807) is 25.2 Å². The first-order valence-corrected chi connectivity index (χ1v) is 8.32. The zero-order valence-electron chi connectivity index (χ0n) is 15.2. The molecule has 2 aromatic rings. The molecule has 26 heavy (non-hydrogen) atoms. The second-order valence-electron chi connectivity index (χ2n) is 6.09. The Hall–Kier alpha value is -2.89. The number of aryl methyl sites for hydroxylation is 1. The standard InChI is InChI=1S/C20H23FN2O3/c1-14-5-4-6-16(11-14)20(25)22-10-9-19(24)23(2)13-15-7-8-18(26-3)17(21)12-15/h4-8,11-12H,9-10,13H2,1-3H3,(H,22,25). The molecule has 5 nitrogen and oxygen atoms in total. The molecule has 0 spiro atoms. The Balaban J connectivity index is 1.81. The van der Waals surface area contributed by atoms with Gasteiger partial charge in [0.1, 0.15) is 0 Å². The molecular formula is C20H23FN2O3. The van der Waals surface area contributed by atoms with Gasteiger partial charge in [-0.05, 0) is 36.8 Å².